The van der Waals surface area contributed by atoms with E-state index in [4.69, 9.17) is 9.84 Å². The molecule has 0 aromatic heterocycles. The van der Waals surface area contributed by atoms with Crippen LogP contribution in [-0.4, -0.2) is 23.5 Å². The van der Waals surface area contributed by atoms with E-state index in [2.05, 4.69) is 19.9 Å². The SMILES string of the molecule is CC1(C)C2=C(C(=O)c3cc(OCCCC(=O)O)ccc31)c1ccc(C#N)cc1C2. The number of ether oxygens (including phenoxy) is 1. The van der Waals surface area contributed by atoms with E-state index in [1.165, 1.54) is 0 Å². The summed E-state index contributed by atoms with van der Waals surface area (Å²) >= 11 is 0. The number of ketones is 1. The quantitative estimate of drug-likeness (QED) is 0.774. The summed E-state index contributed by atoms with van der Waals surface area (Å²) < 4.78 is 5.68. The first kappa shape index (κ1) is 18.9. The molecular formula is C24H21NO4. The molecule has 5 heteroatoms. The van der Waals surface area contributed by atoms with E-state index in [-0.39, 0.29) is 24.2 Å². The van der Waals surface area contributed by atoms with E-state index in [1.807, 2.05) is 24.3 Å². The van der Waals surface area contributed by atoms with Crippen LogP contribution in [0.5, 0.6) is 5.75 Å². The molecule has 0 saturated carbocycles. The minimum Gasteiger partial charge on any atom is -0.494 e. The van der Waals surface area contributed by atoms with Crippen molar-refractivity contribution in [3.05, 3.63) is 69.8 Å². The highest BCUT2D eigenvalue weighted by atomic mass is 16.5. The molecule has 0 aliphatic heterocycles. The first-order valence-corrected chi connectivity index (χ1v) is 9.63. The minimum absolute atomic E-state index is 0.0197. The van der Waals surface area contributed by atoms with Gasteiger partial charge in [0.25, 0.3) is 0 Å². The van der Waals surface area contributed by atoms with Crippen LogP contribution in [0.15, 0.2) is 42.0 Å². The Hall–Kier alpha value is -3.39. The number of hydrogen-bond donors (Lipinski definition) is 1. The molecule has 0 bridgehead atoms. The maximum absolute atomic E-state index is 13.4. The van der Waals surface area contributed by atoms with Crippen LogP contribution in [-0.2, 0) is 16.6 Å². The number of hydrogen-bond acceptors (Lipinski definition) is 4. The third-order valence-corrected chi connectivity index (χ3v) is 5.87. The highest BCUT2D eigenvalue weighted by molar-refractivity contribution is 6.33. The first-order valence-electron chi connectivity index (χ1n) is 9.63. The van der Waals surface area contributed by atoms with Gasteiger partial charge in [-0.2, -0.15) is 5.26 Å². The Balaban J connectivity index is 1.69. The molecule has 29 heavy (non-hydrogen) atoms. The van der Waals surface area contributed by atoms with Crippen LogP contribution in [0.25, 0.3) is 5.57 Å². The molecule has 0 radical (unpaired) electrons. The summed E-state index contributed by atoms with van der Waals surface area (Å²) in [5.41, 5.74) is 5.65. The molecule has 4 rings (SSSR count). The molecule has 0 fully saturated rings. The Morgan fingerprint density at radius 3 is 2.72 bits per heavy atom. The minimum atomic E-state index is -0.852. The van der Waals surface area contributed by atoms with Crippen molar-refractivity contribution in [1.29, 1.82) is 5.26 Å². The standard InChI is InChI=1S/C24H21NO4/c1-24(2)19-8-6-16(29-9-3-4-21(26)27)12-18(19)23(28)22-17-7-5-14(13-25)10-15(17)11-20(22)24/h5-8,10,12H,3-4,9,11H2,1-2H3,(H,26,27). The smallest absolute Gasteiger partial charge is 0.303 e. The molecule has 2 aromatic carbocycles. The number of carbonyl (C=O) groups is 2. The summed E-state index contributed by atoms with van der Waals surface area (Å²) in [5, 5.41) is 17.9. The number of benzene rings is 2. The van der Waals surface area contributed by atoms with Crippen LogP contribution in [0.2, 0.25) is 0 Å². The molecule has 0 unspecified atom stereocenters. The lowest BCUT2D eigenvalue weighted by atomic mass is 9.68. The number of allylic oxidation sites excluding steroid dienone is 2. The molecule has 2 aromatic rings. The van der Waals surface area contributed by atoms with Gasteiger partial charge in [-0.05, 0) is 59.4 Å². The largest absolute Gasteiger partial charge is 0.494 e. The van der Waals surface area contributed by atoms with Gasteiger partial charge in [-0.1, -0.05) is 26.0 Å². The molecule has 0 spiro atoms. The van der Waals surface area contributed by atoms with Gasteiger partial charge in [0.15, 0.2) is 5.78 Å². The number of nitriles is 1. The van der Waals surface area contributed by atoms with E-state index in [9.17, 15) is 14.9 Å². The Morgan fingerprint density at radius 1 is 1.21 bits per heavy atom. The van der Waals surface area contributed by atoms with Crippen molar-refractivity contribution in [3.63, 3.8) is 0 Å². The Bertz CT molecular complexity index is 1120. The van der Waals surface area contributed by atoms with Gasteiger partial charge in [0, 0.05) is 23.0 Å². The third-order valence-electron chi connectivity index (χ3n) is 5.87. The van der Waals surface area contributed by atoms with Gasteiger partial charge >= 0.3 is 5.97 Å². The summed E-state index contributed by atoms with van der Waals surface area (Å²) in [4.78, 5) is 24.1. The molecular weight excluding hydrogens is 366 g/mol. The molecule has 5 nitrogen and oxygen atoms in total. The summed E-state index contributed by atoms with van der Waals surface area (Å²) in [6, 6.07) is 13.2. The van der Waals surface area contributed by atoms with E-state index >= 15 is 0 Å². The van der Waals surface area contributed by atoms with Crippen LogP contribution in [0.4, 0.5) is 0 Å². The molecule has 2 aliphatic rings. The second-order valence-corrected chi connectivity index (χ2v) is 8.02. The zero-order valence-electron chi connectivity index (χ0n) is 16.4. The maximum Gasteiger partial charge on any atom is 0.303 e. The van der Waals surface area contributed by atoms with Crippen molar-refractivity contribution in [2.24, 2.45) is 0 Å². The molecule has 146 valence electrons. The number of rotatable bonds is 5. The van der Waals surface area contributed by atoms with Gasteiger partial charge in [-0.3, -0.25) is 9.59 Å². The van der Waals surface area contributed by atoms with Gasteiger partial charge in [-0.25, -0.2) is 0 Å². The Morgan fingerprint density at radius 2 is 2.00 bits per heavy atom. The number of carbonyl (C=O) groups excluding carboxylic acids is 1. The van der Waals surface area contributed by atoms with E-state index in [0.717, 1.165) is 27.8 Å². The predicted octanol–water partition coefficient (Wildman–Crippen LogP) is 4.29. The van der Waals surface area contributed by atoms with Crippen molar-refractivity contribution < 1.29 is 19.4 Å². The predicted molar refractivity (Wildman–Crippen MR) is 108 cm³/mol. The van der Waals surface area contributed by atoms with Crippen LogP contribution < -0.4 is 4.74 Å². The fourth-order valence-electron chi connectivity index (χ4n) is 4.34. The van der Waals surface area contributed by atoms with Crippen molar-refractivity contribution in [1.82, 2.24) is 0 Å². The highest BCUT2D eigenvalue weighted by Gasteiger charge is 2.42. The highest BCUT2D eigenvalue weighted by Crippen LogP contribution is 2.50. The topological polar surface area (TPSA) is 87.4 Å². The number of carboxylic acids is 1. The summed E-state index contributed by atoms with van der Waals surface area (Å²) in [5.74, 6) is -0.302. The Kier molecular flexibility index (Phi) is 4.50. The van der Waals surface area contributed by atoms with E-state index < -0.39 is 5.97 Å². The molecule has 1 N–H and O–H groups in total. The number of aliphatic carboxylic acids is 1. The van der Waals surface area contributed by atoms with Gasteiger partial charge in [-0.15, -0.1) is 0 Å². The lowest BCUT2D eigenvalue weighted by Crippen LogP contribution is -2.29. The molecule has 2 aliphatic carbocycles. The maximum atomic E-state index is 13.4. The van der Waals surface area contributed by atoms with Crippen LogP contribution >= 0.6 is 0 Å². The van der Waals surface area contributed by atoms with Gasteiger partial charge in [0.05, 0.1) is 18.2 Å². The van der Waals surface area contributed by atoms with Crippen molar-refractivity contribution in [2.45, 2.75) is 38.5 Å². The first-order chi connectivity index (χ1) is 13.8. The second kappa shape index (κ2) is 6.89. The molecule has 0 atom stereocenters. The lowest BCUT2D eigenvalue weighted by molar-refractivity contribution is -0.137. The zero-order chi connectivity index (χ0) is 20.8. The molecule has 0 heterocycles. The van der Waals surface area contributed by atoms with Gasteiger partial charge in [0.1, 0.15) is 5.75 Å². The number of nitrogens with zero attached hydrogens (tertiary/aromatic N) is 1. The Labute approximate surface area is 169 Å². The summed E-state index contributed by atoms with van der Waals surface area (Å²) in [6.07, 6.45) is 1.14. The average Bonchev–Trinajstić information content (AvgIpc) is 3.09. The average molecular weight is 387 g/mol. The molecule has 0 saturated heterocycles. The van der Waals surface area contributed by atoms with Crippen molar-refractivity contribution in [2.75, 3.05) is 6.61 Å². The zero-order valence-corrected chi connectivity index (χ0v) is 16.4. The second-order valence-electron chi connectivity index (χ2n) is 8.02. The van der Waals surface area contributed by atoms with Crippen LogP contribution in [0.3, 0.4) is 0 Å². The monoisotopic (exact) mass is 387 g/mol. The fourth-order valence-corrected chi connectivity index (χ4v) is 4.34. The van der Waals surface area contributed by atoms with E-state index in [1.54, 1.807) is 12.1 Å². The third kappa shape index (κ3) is 3.11. The normalized spacial score (nSPS) is 16.0. The van der Waals surface area contributed by atoms with E-state index in [0.29, 0.717) is 29.7 Å². The van der Waals surface area contributed by atoms with Gasteiger partial charge < -0.3 is 9.84 Å². The van der Waals surface area contributed by atoms with Crippen LogP contribution in [0.1, 0.15) is 59.3 Å². The van der Waals surface area contributed by atoms with Crippen molar-refractivity contribution in [3.8, 4) is 11.8 Å². The number of carboxylic acid groups (broad SMARTS) is 1. The lowest BCUT2D eigenvalue weighted by Gasteiger charge is -2.34. The van der Waals surface area contributed by atoms with Gasteiger partial charge in [0.2, 0.25) is 0 Å². The summed E-state index contributed by atoms with van der Waals surface area (Å²) in [6.45, 7) is 4.53. The number of Topliss-reactive ketones (excluding diaryl/α,β-unsaturated/α-hetero) is 1. The summed E-state index contributed by atoms with van der Waals surface area (Å²) in [7, 11) is 0. The van der Waals surface area contributed by atoms with Crippen molar-refractivity contribution >= 4 is 17.3 Å². The van der Waals surface area contributed by atoms with Crippen LogP contribution in [0, 0.1) is 11.3 Å². The number of fused-ring (bicyclic) bond motifs is 3. The fraction of sp³-hybridized carbons (Fsp3) is 0.292. The molecule has 0 amide bonds.